The summed E-state index contributed by atoms with van der Waals surface area (Å²) in [5.41, 5.74) is 6.92. The minimum Gasteiger partial charge on any atom is -0.493 e. The standard InChI is InChI=1S/C17H22N2O3/c1-12(2)10-21-15-5-3-4-13(6-15)9-19-17(20)14-7-16(8-18)22-11-14/h3-7,11-12H,8-10,18H2,1-2H3,(H,19,20). The summed E-state index contributed by atoms with van der Waals surface area (Å²) >= 11 is 0. The summed E-state index contributed by atoms with van der Waals surface area (Å²) in [6.07, 6.45) is 1.42. The van der Waals surface area contributed by atoms with Crippen LogP contribution in [-0.4, -0.2) is 12.5 Å². The Balaban J connectivity index is 1.90. The van der Waals surface area contributed by atoms with Crippen LogP contribution in [0.25, 0.3) is 0 Å². The third kappa shape index (κ3) is 4.63. The Morgan fingerprint density at radius 1 is 1.36 bits per heavy atom. The lowest BCUT2D eigenvalue weighted by atomic mass is 10.2. The molecule has 118 valence electrons. The second kappa shape index (κ2) is 7.66. The minimum absolute atomic E-state index is 0.183. The zero-order valence-corrected chi connectivity index (χ0v) is 13.0. The lowest BCUT2D eigenvalue weighted by Crippen LogP contribution is -2.22. The zero-order valence-electron chi connectivity index (χ0n) is 13.0. The molecule has 22 heavy (non-hydrogen) atoms. The number of benzene rings is 1. The first-order valence-corrected chi connectivity index (χ1v) is 7.36. The zero-order chi connectivity index (χ0) is 15.9. The molecule has 1 heterocycles. The largest absolute Gasteiger partial charge is 0.493 e. The van der Waals surface area contributed by atoms with Crippen LogP contribution in [0, 0.1) is 5.92 Å². The molecule has 1 aromatic carbocycles. The molecule has 0 radical (unpaired) electrons. The van der Waals surface area contributed by atoms with Gasteiger partial charge in [-0.2, -0.15) is 0 Å². The number of furan rings is 1. The summed E-state index contributed by atoms with van der Waals surface area (Å²) in [5.74, 6) is 1.70. The van der Waals surface area contributed by atoms with Gasteiger partial charge in [-0.1, -0.05) is 26.0 Å². The molecule has 5 heteroatoms. The topological polar surface area (TPSA) is 77.5 Å². The van der Waals surface area contributed by atoms with Crippen molar-refractivity contribution in [3.63, 3.8) is 0 Å². The van der Waals surface area contributed by atoms with Gasteiger partial charge >= 0.3 is 0 Å². The van der Waals surface area contributed by atoms with Gasteiger partial charge in [-0.15, -0.1) is 0 Å². The highest BCUT2D eigenvalue weighted by atomic mass is 16.5. The van der Waals surface area contributed by atoms with Crippen molar-refractivity contribution in [3.05, 3.63) is 53.5 Å². The third-order valence-electron chi connectivity index (χ3n) is 3.05. The van der Waals surface area contributed by atoms with Gasteiger partial charge in [0.25, 0.3) is 5.91 Å². The smallest absolute Gasteiger partial charge is 0.254 e. The monoisotopic (exact) mass is 302 g/mol. The van der Waals surface area contributed by atoms with Crippen molar-refractivity contribution in [3.8, 4) is 5.75 Å². The highest BCUT2D eigenvalue weighted by Crippen LogP contribution is 2.14. The Morgan fingerprint density at radius 3 is 2.86 bits per heavy atom. The molecule has 2 rings (SSSR count). The Kier molecular flexibility index (Phi) is 5.61. The van der Waals surface area contributed by atoms with Crippen molar-refractivity contribution >= 4 is 5.91 Å². The Hall–Kier alpha value is -2.27. The van der Waals surface area contributed by atoms with Crippen LogP contribution in [0.3, 0.4) is 0 Å². The van der Waals surface area contributed by atoms with Crippen molar-refractivity contribution in [2.45, 2.75) is 26.9 Å². The van der Waals surface area contributed by atoms with Crippen LogP contribution in [-0.2, 0) is 13.1 Å². The number of nitrogens with one attached hydrogen (secondary N) is 1. The molecule has 0 bridgehead atoms. The van der Waals surface area contributed by atoms with Crippen LogP contribution in [0.1, 0.15) is 35.5 Å². The highest BCUT2D eigenvalue weighted by molar-refractivity contribution is 5.93. The first kappa shape index (κ1) is 16.1. The fourth-order valence-electron chi connectivity index (χ4n) is 1.90. The molecule has 0 saturated heterocycles. The van der Waals surface area contributed by atoms with Crippen molar-refractivity contribution in [2.24, 2.45) is 11.7 Å². The maximum absolute atomic E-state index is 12.0. The quantitative estimate of drug-likeness (QED) is 0.824. The van der Waals surface area contributed by atoms with Crippen LogP contribution in [0.15, 0.2) is 41.0 Å². The lowest BCUT2D eigenvalue weighted by molar-refractivity contribution is 0.0950. The molecule has 0 spiro atoms. The van der Waals surface area contributed by atoms with Crippen molar-refractivity contribution < 1.29 is 13.9 Å². The normalized spacial score (nSPS) is 10.7. The van der Waals surface area contributed by atoms with Crippen LogP contribution >= 0.6 is 0 Å². The fourth-order valence-corrected chi connectivity index (χ4v) is 1.90. The molecule has 2 aromatic rings. The molecule has 1 amide bonds. The predicted octanol–water partition coefficient (Wildman–Crippen LogP) is 2.70. The second-order valence-electron chi connectivity index (χ2n) is 5.54. The van der Waals surface area contributed by atoms with Crippen LogP contribution < -0.4 is 15.8 Å². The number of ether oxygens (including phenoxy) is 1. The van der Waals surface area contributed by atoms with E-state index in [0.29, 0.717) is 30.4 Å². The first-order chi connectivity index (χ1) is 10.6. The van der Waals surface area contributed by atoms with E-state index in [4.69, 9.17) is 14.9 Å². The van der Waals surface area contributed by atoms with Crippen LogP contribution in [0.2, 0.25) is 0 Å². The fraction of sp³-hybridized carbons (Fsp3) is 0.353. The number of hydrogen-bond donors (Lipinski definition) is 2. The van der Waals surface area contributed by atoms with E-state index in [9.17, 15) is 4.79 Å². The van der Waals surface area contributed by atoms with Crippen molar-refractivity contribution in [2.75, 3.05) is 6.61 Å². The minimum atomic E-state index is -0.183. The number of nitrogens with two attached hydrogens (primary N) is 1. The molecule has 1 aromatic heterocycles. The Bertz CT molecular complexity index is 620. The van der Waals surface area contributed by atoms with E-state index in [0.717, 1.165) is 11.3 Å². The van der Waals surface area contributed by atoms with Gasteiger partial charge in [0, 0.05) is 6.54 Å². The molecule has 5 nitrogen and oxygen atoms in total. The van der Waals surface area contributed by atoms with Crippen LogP contribution in [0.4, 0.5) is 0 Å². The molecule has 0 saturated carbocycles. The highest BCUT2D eigenvalue weighted by Gasteiger charge is 2.09. The van der Waals surface area contributed by atoms with Gasteiger partial charge < -0.3 is 20.2 Å². The molecular formula is C17H22N2O3. The van der Waals surface area contributed by atoms with Gasteiger partial charge in [-0.3, -0.25) is 4.79 Å². The average Bonchev–Trinajstić information content (AvgIpc) is 3.00. The van der Waals surface area contributed by atoms with E-state index in [1.54, 1.807) is 6.07 Å². The number of rotatable bonds is 7. The molecule has 3 N–H and O–H groups in total. The van der Waals surface area contributed by atoms with Gasteiger partial charge in [0.1, 0.15) is 17.8 Å². The van der Waals surface area contributed by atoms with E-state index in [-0.39, 0.29) is 12.5 Å². The van der Waals surface area contributed by atoms with E-state index in [2.05, 4.69) is 19.2 Å². The molecule has 0 atom stereocenters. The predicted molar refractivity (Wildman–Crippen MR) is 84.5 cm³/mol. The van der Waals surface area contributed by atoms with Gasteiger partial charge in [-0.05, 0) is 29.7 Å². The summed E-state index contributed by atoms with van der Waals surface area (Å²) in [7, 11) is 0. The average molecular weight is 302 g/mol. The molecule has 0 aliphatic carbocycles. The maximum atomic E-state index is 12.0. The molecular weight excluding hydrogens is 280 g/mol. The number of hydrogen-bond acceptors (Lipinski definition) is 4. The summed E-state index contributed by atoms with van der Waals surface area (Å²) in [5, 5.41) is 2.85. The molecule has 0 fully saturated rings. The van der Waals surface area contributed by atoms with E-state index < -0.39 is 0 Å². The summed E-state index contributed by atoms with van der Waals surface area (Å²) in [6, 6.07) is 9.36. The van der Waals surface area contributed by atoms with E-state index >= 15 is 0 Å². The Morgan fingerprint density at radius 2 is 2.18 bits per heavy atom. The number of amides is 1. The van der Waals surface area contributed by atoms with Gasteiger partial charge in [0.15, 0.2) is 0 Å². The maximum Gasteiger partial charge on any atom is 0.254 e. The van der Waals surface area contributed by atoms with Gasteiger partial charge in [0.2, 0.25) is 0 Å². The van der Waals surface area contributed by atoms with E-state index in [1.807, 2.05) is 24.3 Å². The number of carbonyl (C=O) groups excluding carboxylic acids is 1. The number of carbonyl (C=O) groups is 1. The van der Waals surface area contributed by atoms with Gasteiger partial charge in [-0.25, -0.2) is 0 Å². The van der Waals surface area contributed by atoms with Crippen LogP contribution in [0.5, 0.6) is 5.75 Å². The summed E-state index contributed by atoms with van der Waals surface area (Å²) in [6.45, 7) is 5.59. The second-order valence-corrected chi connectivity index (χ2v) is 5.54. The molecule has 0 unspecified atom stereocenters. The summed E-state index contributed by atoms with van der Waals surface area (Å²) < 4.78 is 10.8. The lowest BCUT2D eigenvalue weighted by Gasteiger charge is -2.10. The van der Waals surface area contributed by atoms with Crippen molar-refractivity contribution in [1.82, 2.24) is 5.32 Å². The van der Waals surface area contributed by atoms with Gasteiger partial charge in [0.05, 0.1) is 18.7 Å². The molecule has 0 aliphatic heterocycles. The molecule has 0 aliphatic rings. The van der Waals surface area contributed by atoms with Crippen molar-refractivity contribution in [1.29, 1.82) is 0 Å². The third-order valence-corrected chi connectivity index (χ3v) is 3.05. The Labute approximate surface area is 130 Å². The SMILES string of the molecule is CC(C)COc1cccc(CNC(=O)c2coc(CN)c2)c1. The summed E-state index contributed by atoms with van der Waals surface area (Å²) in [4.78, 5) is 12.0. The van der Waals surface area contributed by atoms with E-state index in [1.165, 1.54) is 6.26 Å². The first-order valence-electron chi connectivity index (χ1n) is 7.36.